The molecular weight excluding hydrogens is 200 g/mol. The molecule has 1 aromatic heterocycles. The first-order valence-corrected chi connectivity index (χ1v) is 6.41. The number of rotatable bonds is 5. The molecule has 1 saturated carbocycles. The number of nitrogens with one attached hydrogen (secondary N) is 1. The zero-order valence-corrected chi connectivity index (χ0v) is 10.3. The molecule has 0 aliphatic heterocycles. The Morgan fingerprint density at radius 1 is 1.50 bits per heavy atom. The number of aromatic nitrogens is 3. The maximum absolute atomic E-state index is 4.27. The van der Waals surface area contributed by atoms with Gasteiger partial charge >= 0.3 is 0 Å². The second kappa shape index (κ2) is 5.43. The lowest BCUT2D eigenvalue weighted by Crippen LogP contribution is -2.32. The SMILES string of the molecule is CCn1ncnc1CNC(C)C1CCCC1. The van der Waals surface area contributed by atoms with Crippen molar-refractivity contribution in [1.29, 1.82) is 0 Å². The van der Waals surface area contributed by atoms with Gasteiger partial charge in [-0.15, -0.1) is 0 Å². The lowest BCUT2D eigenvalue weighted by Gasteiger charge is -2.20. The van der Waals surface area contributed by atoms with Gasteiger partial charge in [-0.05, 0) is 32.6 Å². The van der Waals surface area contributed by atoms with Gasteiger partial charge in [0.2, 0.25) is 0 Å². The van der Waals surface area contributed by atoms with E-state index in [1.807, 2.05) is 4.68 Å². The van der Waals surface area contributed by atoms with Gasteiger partial charge in [0.1, 0.15) is 12.2 Å². The summed E-state index contributed by atoms with van der Waals surface area (Å²) in [5.74, 6) is 1.91. The van der Waals surface area contributed by atoms with Crippen LogP contribution >= 0.6 is 0 Å². The first-order chi connectivity index (χ1) is 7.81. The molecular formula is C12H22N4. The monoisotopic (exact) mass is 222 g/mol. The maximum Gasteiger partial charge on any atom is 0.140 e. The predicted molar refractivity (Wildman–Crippen MR) is 64.0 cm³/mol. The summed E-state index contributed by atoms with van der Waals surface area (Å²) in [6, 6.07) is 0.601. The third-order valence-electron chi connectivity index (χ3n) is 3.68. The van der Waals surface area contributed by atoms with Gasteiger partial charge in [-0.1, -0.05) is 12.8 Å². The summed E-state index contributed by atoms with van der Waals surface area (Å²) in [7, 11) is 0. The molecule has 0 bridgehead atoms. The van der Waals surface area contributed by atoms with E-state index in [1.54, 1.807) is 6.33 Å². The van der Waals surface area contributed by atoms with E-state index in [0.29, 0.717) is 6.04 Å². The average molecular weight is 222 g/mol. The Morgan fingerprint density at radius 3 is 2.94 bits per heavy atom. The van der Waals surface area contributed by atoms with E-state index in [1.165, 1.54) is 25.7 Å². The van der Waals surface area contributed by atoms with Crippen LogP contribution in [0.3, 0.4) is 0 Å². The van der Waals surface area contributed by atoms with Crippen molar-refractivity contribution >= 4 is 0 Å². The normalized spacial score (nSPS) is 19.1. The lowest BCUT2D eigenvalue weighted by molar-refractivity contribution is 0.373. The van der Waals surface area contributed by atoms with E-state index in [2.05, 4.69) is 29.2 Å². The van der Waals surface area contributed by atoms with E-state index in [9.17, 15) is 0 Å². The number of aryl methyl sites for hydroxylation is 1. The van der Waals surface area contributed by atoms with Crippen LogP contribution in [0.15, 0.2) is 6.33 Å². The number of hydrogen-bond donors (Lipinski definition) is 1. The van der Waals surface area contributed by atoms with E-state index < -0.39 is 0 Å². The van der Waals surface area contributed by atoms with Crippen LogP contribution in [0.1, 0.15) is 45.4 Å². The summed E-state index contributed by atoms with van der Waals surface area (Å²) in [6.45, 7) is 6.13. The molecule has 0 radical (unpaired) electrons. The largest absolute Gasteiger partial charge is 0.307 e. The third kappa shape index (κ3) is 2.61. The van der Waals surface area contributed by atoms with Crippen molar-refractivity contribution in [1.82, 2.24) is 20.1 Å². The van der Waals surface area contributed by atoms with Crippen LogP contribution in [0.4, 0.5) is 0 Å². The van der Waals surface area contributed by atoms with Crippen LogP contribution in [0.5, 0.6) is 0 Å². The van der Waals surface area contributed by atoms with Crippen molar-refractivity contribution in [2.24, 2.45) is 5.92 Å². The third-order valence-corrected chi connectivity index (χ3v) is 3.68. The Bertz CT molecular complexity index is 315. The minimum Gasteiger partial charge on any atom is -0.307 e. The molecule has 1 N–H and O–H groups in total. The molecule has 0 aromatic carbocycles. The minimum atomic E-state index is 0.601. The van der Waals surface area contributed by atoms with Crippen LogP contribution in [-0.2, 0) is 13.1 Å². The molecule has 4 heteroatoms. The fourth-order valence-electron chi connectivity index (χ4n) is 2.57. The summed E-state index contributed by atoms with van der Waals surface area (Å²) in [5, 5.41) is 7.75. The van der Waals surface area contributed by atoms with Crippen molar-refractivity contribution in [2.45, 2.75) is 58.7 Å². The van der Waals surface area contributed by atoms with Crippen molar-refractivity contribution in [2.75, 3.05) is 0 Å². The molecule has 0 spiro atoms. The first-order valence-electron chi connectivity index (χ1n) is 6.41. The molecule has 16 heavy (non-hydrogen) atoms. The topological polar surface area (TPSA) is 42.7 Å². The first kappa shape index (κ1) is 11.6. The Kier molecular flexibility index (Phi) is 3.93. The van der Waals surface area contributed by atoms with Crippen LogP contribution in [-0.4, -0.2) is 20.8 Å². The molecule has 0 saturated heterocycles. The van der Waals surface area contributed by atoms with Crippen LogP contribution in [0.25, 0.3) is 0 Å². The summed E-state index contributed by atoms with van der Waals surface area (Å²) in [5.41, 5.74) is 0. The summed E-state index contributed by atoms with van der Waals surface area (Å²) in [6.07, 6.45) is 7.22. The smallest absolute Gasteiger partial charge is 0.140 e. The van der Waals surface area contributed by atoms with E-state index in [-0.39, 0.29) is 0 Å². The van der Waals surface area contributed by atoms with Crippen LogP contribution in [0, 0.1) is 5.92 Å². The Balaban J connectivity index is 1.82. The van der Waals surface area contributed by atoms with Gasteiger partial charge in [0.25, 0.3) is 0 Å². The molecule has 4 nitrogen and oxygen atoms in total. The van der Waals surface area contributed by atoms with Crippen molar-refractivity contribution in [3.63, 3.8) is 0 Å². The predicted octanol–water partition coefficient (Wildman–Crippen LogP) is 1.97. The fraction of sp³-hybridized carbons (Fsp3) is 0.833. The zero-order chi connectivity index (χ0) is 11.4. The van der Waals surface area contributed by atoms with E-state index in [4.69, 9.17) is 0 Å². The highest BCUT2D eigenvalue weighted by molar-refractivity contribution is 4.86. The molecule has 1 unspecified atom stereocenters. The molecule has 1 fully saturated rings. The molecule has 1 heterocycles. The van der Waals surface area contributed by atoms with Crippen molar-refractivity contribution < 1.29 is 0 Å². The quantitative estimate of drug-likeness (QED) is 0.828. The highest BCUT2D eigenvalue weighted by atomic mass is 15.3. The molecule has 0 amide bonds. The van der Waals surface area contributed by atoms with Gasteiger partial charge in [0.05, 0.1) is 6.54 Å². The van der Waals surface area contributed by atoms with Crippen LogP contribution < -0.4 is 5.32 Å². The number of hydrogen-bond acceptors (Lipinski definition) is 3. The second-order valence-electron chi connectivity index (χ2n) is 4.71. The second-order valence-corrected chi connectivity index (χ2v) is 4.71. The van der Waals surface area contributed by atoms with Gasteiger partial charge in [-0.2, -0.15) is 5.10 Å². The standard InChI is InChI=1S/C12H22N4/c1-3-16-12(14-9-15-16)8-13-10(2)11-6-4-5-7-11/h9-11,13H,3-8H2,1-2H3. The highest BCUT2D eigenvalue weighted by Gasteiger charge is 2.21. The van der Waals surface area contributed by atoms with Gasteiger partial charge < -0.3 is 5.32 Å². The summed E-state index contributed by atoms with van der Waals surface area (Å²) >= 11 is 0. The van der Waals surface area contributed by atoms with Gasteiger partial charge in [-0.25, -0.2) is 9.67 Å². The maximum atomic E-state index is 4.27. The molecule has 2 rings (SSSR count). The van der Waals surface area contributed by atoms with Gasteiger partial charge in [0, 0.05) is 12.6 Å². The van der Waals surface area contributed by atoms with E-state index >= 15 is 0 Å². The average Bonchev–Trinajstić information content (AvgIpc) is 2.96. The lowest BCUT2D eigenvalue weighted by atomic mass is 10.00. The minimum absolute atomic E-state index is 0.601. The Hall–Kier alpha value is -0.900. The van der Waals surface area contributed by atoms with Gasteiger partial charge in [0.15, 0.2) is 0 Å². The fourth-order valence-corrected chi connectivity index (χ4v) is 2.57. The highest BCUT2D eigenvalue weighted by Crippen LogP contribution is 2.27. The number of nitrogens with zero attached hydrogens (tertiary/aromatic N) is 3. The van der Waals surface area contributed by atoms with Gasteiger partial charge in [-0.3, -0.25) is 0 Å². The van der Waals surface area contributed by atoms with Crippen molar-refractivity contribution in [3.05, 3.63) is 12.2 Å². The molecule has 1 aliphatic carbocycles. The van der Waals surface area contributed by atoms with E-state index in [0.717, 1.165) is 24.8 Å². The molecule has 1 aromatic rings. The zero-order valence-electron chi connectivity index (χ0n) is 10.3. The molecule has 1 atom stereocenters. The van der Waals surface area contributed by atoms with Crippen molar-refractivity contribution in [3.8, 4) is 0 Å². The molecule has 1 aliphatic rings. The Morgan fingerprint density at radius 2 is 2.25 bits per heavy atom. The summed E-state index contributed by atoms with van der Waals surface area (Å²) in [4.78, 5) is 4.27. The Labute approximate surface area is 97.5 Å². The van der Waals surface area contributed by atoms with Crippen LogP contribution in [0.2, 0.25) is 0 Å². The molecule has 90 valence electrons. The summed E-state index contributed by atoms with van der Waals surface area (Å²) < 4.78 is 1.95.